The molecule has 1 fully saturated rings. The zero-order chi connectivity index (χ0) is 10.8. The van der Waals surface area contributed by atoms with E-state index in [4.69, 9.17) is 5.73 Å². The maximum absolute atomic E-state index is 11.7. The minimum absolute atomic E-state index is 0.330. The molecule has 0 aromatic carbocycles. The molecule has 0 aliphatic carbocycles. The van der Waals surface area contributed by atoms with Gasteiger partial charge in [0.25, 0.3) is 0 Å². The van der Waals surface area contributed by atoms with E-state index in [1.807, 2.05) is 0 Å². The third-order valence-corrected chi connectivity index (χ3v) is 2.25. The van der Waals surface area contributed by atoms with E-state index in [2.05, 4.69) is 4.98 Å². The van der Waals surface area contributed by atoms with Crippen LogP contribution in [0.2, 0.25) is 0 Å². The Morgan fingerprint density at radius 3 is 2.53 bits per heavy atom. The number of imide groups is 1. The smallest absolute Gasteiger partial charge is 0.332 e. The molecule has 0 spiro atoms. The first-order valence-electron chi connectivity index (χ1n) is 4.48. The van der Waals surface area contributed by atoms with Gasteiger partial charge in [0.2, 0.25) is 0 Å². The van der Waals surface area contributed by atoms with Crippen LogP contribution in [0.3, 0.4) is 0 Å². The molecule has 2 heterocycles. The average molecular weight is 206 g/mol. The SMILES string of the molecule is NC(=O)N1CCN(c2ccncc2)C1=O. The van der Waals surface area contributed by atoms with Crippen LogP contribution in [0.5, 0.6) is 0 Å². The monoisotopic (exact) mass is 206 g/mol. The molecular weight excluding hydrogens is 196 g/mol. The Labute approximate surface area is 86.3 Å². The molecule has 1 aliphatic rings. The van der Waals surface area contributed by atoms with Crippen molar-refractivity contribution >= 4 is 17.7 Å². The maximum Gasteiger partial charge on any atom is 0.332 e. The molecule has 0 saturated carbocycles. The van der Waals surface area contributed by atoms with Crippen LogP contribution in [0.25, 0.3) is 0 Å². The topological polar surface area (TPSA) is 79.5 Å². The Morgan fingerprint density at radius 2 is 2.00 bits per heavy atom. The number of hydrogen-bond acceptors (Lipinski definition) is 3. The average Bonchev–Trinajstić information content (AvgIpc) is 2.61. The molecule has 2 N–H and O–H groups in total. The number of nitrogens with zero attached hydrogens (tertiary/aromatic N) is 3. The van der Waals surface area contributed by atoms with E-state index in [9.17, 15) is 9.59 Å². The van der Waals surface area contributed by atoms with E-state index in [-0.39, 0.29) is 6.03 Å². The van der Waals surface area contributed by atoms with Gasteiger partial charge in [0, 0.05) is 24.6 Å². The number of amides is 4. The van der Waals surface area contributed by atoms with Crippen molar-refractivity contribution in [2.45, 2.75) is 0 Å². The summed E-state index contributed by atoms with van der Waals surface area (Å²) in [5.74, 6) is 0. The van der Waals surface area contributed by atoms with E-state index < -0.39 is 6.03 Å². The Kier molecular flexibility index (Phi) is 2.24. The lowest BCUT2D eigenvalue weighted by molar-refractivity contribution is 0.206. The van der Waals surface area contributed by atoms with Gasteiger partial charge in [-0.1, -0.05) is 0 Å². The van der Waals surface area contributed by atoms with E-state index in [1.165, 1.54) is 4.90 Å². The number of carbonyl (C=O) groups is 2. The van der Waals surface area contributed by atoms with Crippen LogP contribution < -0.4 is 10.6 Å². The largest absolute Gasteiger partial charge is 0.351 e. The van der Waals surface area contributed by atoms with Crippen molar-refractivity contribution in [2.24, 2.45) is 5.73 Å². The second-order valence-electron chi connectivity index (χ2n) is 3.13. The molecule has 0 atom stereocenters. The van der Waals surface area contributed by atoms with E-state index in [1.54, 1.807) is 24.5 Å². The zero-order valence-electron chi connectivity index (χ0n) is 7.96. The third kappa shape index (κ3) is 1.61. The fourth-order valence-electron chi connectivity index (χ4n) is 1.50. The van der Waals surface area contributed by atoms with Crippen LogP contribution in [-0.2, 0) is 0 Å². The van der Waals surface area contributed by atoms with Crippen LogP contribution in [0, 0.1) is 0 Å². The first-order chi connectivity index (χ1) is 7.20. The highest BCUT2D eigenvalue weighted by atomic mass is 16.2. The molecule has 4 amide bonds. The predicted octanol–water partition coefficient (Wildman–Crippen LogP) is 0.402. The molecule has 1 aromatic rings. The van der Waals surface area contributed by atoms with Crippen molar-refractivity contribution in [3.63, 3.8) is 0 Å². The molecule has 0 unspecified atom stereocenters. The van der Waals surface area contributed by atoms with Gasteiger partial charge in [0.1, 0.15) is 0 Å². The summed E-state index contributed by atoms with van der Waals surface area (Å²) in [4.78, 5) is 28.9. The normalized spacial score (nSPS) is 15.9. The van der Waals surface area contributed by atoms with Crippen molar-refractivity contribution in [1.82, 2.24) is 9.88 Å². The van der Waals surface area contributed by atoms with Gasteiger partial charge in [0.15, 0.2) is 0 Å². The van der Waals surface area contributed by atoms with Gasteiger partial charge in [-0.15, -0.1) is 0 Å². The van der Waals surface area contributed by atoms with Crippen molar-refractivity contribution in [2.75, 3.05) is 18.0 Å². The molecular formula is C9H10N4O2. The number of nitrogens with two attached hydrogens (primary N) is 1. The van der Waals surface area contributed by atoms with Crippen molar-refractivity contribution in [3.05, 3.63) is 24.5 Å². The summed E-state index contributed by atoms with van der Waals surface area (Å²) in [7, 11) is 0. The molecule has 6 nitrogen and oxygen atoms in total. The highest BCUT2D eigenvalue weighted by Gasteiger charge is 2.32. The molecule has 78 valence electrons. The number of rotatable bonds is 1. The van der Waals surface area contributed by atoms with Crippen LogP contribution in [0.4, 0.5) is 15.3 Å². The molecule has 1 saturated heterocycles. The van der Waals surface area contributed by atoms with Crippen LogP contribution in [-0.4, -0.2) is 35.0 Å². The minimum atomic E-state index is -0.712. The zero-order valence-corrected chi connectivity index (χ0v) is 7.96. The maximum atomic E-state index is 11.7. The highest BCUT2D eigenvalue weighted by molar-refractivity contribution is 6.03. The summed E-state index contributed by atoms with van der Waals surface area (Å²) < 4.78 is 0. The Morgan fingerprint density at radius 1 is 1.33 bits per heavy atom. The van der Waals surface area contributed by atoms with Crippen molar-refractivity contribution < 1.29 is 9.59 Å². The van der Waals surface area contributed by atoms with Crippen LogP contribution in [0.1, 0.15) is 0 Å². The van der Waals surface area contributed by atoms with Gasteiger partial charge < -0.3 is 5.73 Å². The van der Waals surface area contributed by atoms with Gasteiger partial charge in [-0.05, 0) is 12.1 Å². The second kappa shape index (κ2) is 3.56. The fraction of sp³-hybridized carbons (Fsp3) is 0.222. The standard InChI is InChI=1S/C9H10N4O2/c10-8(14)13-6-5-12(9(13)15)7-1-3-11-4-2-7/h1-4H,5-6H2,(H2,10,14). The molecule has 6 heteroatoms. The first kappa shape index (κ1) is 9.45. The Hall–Kier alpha value is -2.11. The van der Waals surface area contributed by atoms with Gasteiger partial charge in [-0.25, -0.2) is 14.5 Å². The van der Waals surface area contributed by atoms with Crippen LogP contribution >= 0.6 is 0 Å². The lowest BCUT2D eigenvalue weighted by atomic mass is 10.4. The minimum Gasteiger partial charge on any atom is -0.351 e. The summed E-state index contributed by atoms with van der Waals surface area (Å²) >= 11 is 0. The molecule has 15 heavy (non-hydrogen) atoms. The molecule has 0 radical (unpaired) electrons. The van der Waals surface area contributed by atoms with Crippen molar-refractivity contribution in [3.8, 4) is 0 Å². The highest BCUT2D eigenvalue weighted by Crippen LogP contribution is 2.18. The number of aromatic nitrogens is 1. The Bertz CT molecular complexity index is 392. The number of pyridine rings is 1. The Balaban J connectivity index is 2.21. The lowest BCUT2D eigenvalue weighted by Gasteiger charge is -2.15. The number of primary amides is 1. The second-order valence-corrected chi connectivity index (χ2v) is 3.13. The molecule has 1 aliphatic heterocycles. The van der Waals surface area contributed by atoms with Gasteiger partial charge in [-0.3, -0.25) is 9.88 Å². The lowest BCUT2D eigenvalue weighted by Crippen LogP contribution is -2.39. The number of hydrogen-bond donors (Lipinski definition) is 1. The summed E-state index contributed by atoms with van der Waals surface area (Å²) in [6.07, 6.45) is 3.19. The van der Waals surface area contributed by atoms with Crippen molar-refractivity contribution in [1.29, 1.82) is 0 Å². The molecule has 1 aromatic heterocycles. The summed E-state index contributed by atoms with van der Waals surface area (Å²) in [6, 6.07) is 2.33. The first-order valence-corrected chi connectivity index (χ1v) is 4.48. The van der Waals surface area contributed by atoms with Crippen LogP contribution in [0.15, 0.2) is 24.5 Å². The van der Waals surface area contributed by atoms with E-state index in [0.29, 0.717) is 13.1 Å². The van der Waals surface area contributed by atoms with E-state index in [0.717, 1.165) is 10.6 Å². The molecule has 0 bridgehead atoms. The number of carbonyl (C=O) groups excluding carboxylic acids is 2. The number of urea groups is 2. The number of anilines is 1. The van der Waals surface area contributed by atoms with E-state index >= 15 is 0 Å². The third-order valence-electron chi connectivity index (χ3n) is 2.25. The quantitative estimate of drug-likeness (QED) is 0.722. The fourth-order valence-corrected chi connectivity index (χ4v) is 1.50. The van der Waals surface area contributed by atoms with Gasteiger partial charge in [0.05, 0.1) is 6.54 Å². The van der Waals surface area contributed by atoms with Gasteiger partial charge >= 0.3 is 12.1 Å². The molecule has 2 rings (SSSR count). The van der Waals surface area contributed by atoms with Gasteiger partial charge in [-0.2, -0.15) is 0 Å². The summed E-state index contributed by atoms with van der Waals surface area (Å²) in [5.41, 5.74) is 5.78. The predicted molar refractivity (Wildman–Crippen MR) is 53.3 cm³/mol. The summed E-state index contributed by atoms with van der Waals surface area (Å²) in [5, 5.41) is 0. The summed E-state index contributed by atoms with van der Waals surface area (Å²) in [6.45, 7) is 0.794.